The Morgan fingerprint density at radius 2 is 2.17 bits per heavy atom. The molecular formula is C16H24N2O4S. The quantitative estimate of drug-likeness (QED) is 0.818. The van der Waals surface area contributed by atoms with Crippen molar-refractivity contribution in [2.45, 2.75) is 50.9 Å². The lowest BCUT2D eigenvalue weighted by molar-refractivity contribution is 0.0701. The van der Waals surface area contributed by atoms with Gasteiger partial charge in [0, 0.05) is 24.3 Å². The number of ether oxygens (including phenoxy) is 2. The number of fused-ring (bicyclic) bond motifs is 1. The van der Waals surface area contributed by atoms with Gasteiger partial charge < -0.3 is 15.2 Å². The van der Waals surface area contributed by atoms with Crippen LogP contribution in [-0.4, -0.2) is 32.5 Å². The average molecular weight is 340 g/mol. The van der Waals surface area contributed by atoms with E-state index in [1.54, 1.807) is 18.2 Å². The van der Waals surface area contributed by atoms with Crippen molar-refractivity contribution in [3.05, 3.63) is 23.8 Å². The summed E-state index contributed by atoms with van der Waals surface area (Å²) in [6, 6.07) is 5.00. The molecule has 0 aromatic heterocycles. The van der Waals surface area contributed by atoms with Crippen LogP contribution in [0.4, 0.5) is 5.69 Å². The van der Waals surface area contributed by atoms with E-state index in [1.165, 1.54) is 0 Å². The van der Waals surface area contributed by atoms with E-state index in [2.05, 4.69) is 4.72 Å². The van der Waals surface area contributed by atoms with Crippen LogP contribution in [0.2, 0.25) is 0 Å². The number of rotatable bonds is 4. The summed E-state index contributed by atoms with van der Waals surface area (Å²) in [4.78, 5) is 0. The molecule has 1 aromatic rings. The SMILES string of the molecule is CC1(C)CC(NS(=O)(=O)CC2CCCO2)c2cc(N)ccc2O1. The number of nitrogen functional groups attached to an aromatic ring is 1. The van der Waals surface area contributed by atoms with Crippen molar-refractivity contribution in [1.29, 1.82) is 0 Å². The fourth-order valence-corrected chi connectivity index (χ4v) is 4.76. The Labute approximate surface area is 137 Å². The Morgan fingerprint density at radius 3 is 2.87 bits per heavy atom. The summed E-state index contributed by atoms with van der Waals surface area (Å²) in [5.74, 6) is 0.683. The number of nitrogens with one attached hydrogen (secondary N) is 1. The molecule has 1 aromatic carbocycles. The van der Waals surface area contributed by atoms with Crippen molar-refractivity contribution >= 4 is 15.7 Å². The first-order valence-corrected chi connectivity index (χ1v) is 9.59. The maximum absolute atomic E-state index is 12.5. The van der Waals surface area contributed by atoms with Gasteiger partial charge in [0.25, 0.3) is 0 Å². The zero-order chi connectivity index (χ0) is 16.7. The number of sulfonamides is 1. The van der Waals surface area contributed by atoms with Crippen molar-refractivity contribution in [2.24, 2.45) is 0 Å². The van der Waals surface area contributed by atoms with Crippen LogP contribution in [0, 0.1) is 0 Å². The first-order chi connectivity index (χ1) is 10.7. The maximum Gasteiger partial charge on any atom is 0.214 e. The second-order valence-electron chi connectivity index (χ2n) is 6.95. The van der Waals surface area contributed by atoms with Gasteiger partial charge >= 0.3 is 0 Å². The minimum Gasteiger partial charge on any atom is -0.487 e. The Bertz CT molecular complexity index is 681. The van der Waals surface area contributed by atoms with Crippen LogP contribution in [0.5, 0.6) is 5.75 Å². The van der Waals surface area contributed by atoms with E-state index in [1.807, 2.05) is 13.8 Å². The number of nitrogens with two attached hydrogens (primary N) is 1. The van der Waals surface area contributed by atoms with Gasteiger partial charge in [-0.15, -0.1) is 0 Å². The highest BCUT2D eigenvalue weighted by Crippen LogP contribution is 2.40. The van der Waals surface area contributed by atoms with Crippen LogP contribution in [-0.2, 0) is 14.8 Å². The molecule has 0 aliphatic carbocycles. The molecule has 128 valence electrons. The fraction of sp³-hybridized carbons (Fsp3) is 0.625. The third kappa shape index (κ3) is 3.97. The minimum absolute atomic E-state index is 0.00242. The smallest absolute Gasteiger partial charge is 0.214 e. The van der Waals surface area contributed by atoms with E-state index in [9.17, 15) is 8.42 Å². The van der Waals surface area contributed by atoms with E-state index in [0.717, 1.165) is 18.4 Å². The second kappa shape index (κ2) is 5.96. The first kappa shape index (κ1) is 16.5. The van der Waals surface area contributed by atoms with Crippen molar-refractivity contribution in [2.75, 3.05) is 18.1 Å². The molecule has 2 unspecified atom stereocenters. The predicted molar refractivity (Wildman–Crippen MR) is 88.8 cm³/mol. The predicted octanol–water partition coefficient (Wildman–Crippen LogP) is 1.97. The number of hydrogen-bond donors (Lipinski definition) is 2. The highest BCUT2D eigenvalue weighted by atomic mass is 32.2. The van der Waals surface area contributed by atoms with Crippen LogP contribution >= 0.6 is 0 Å². The van der Waals surface area contributed by atoms with Gasteiger partial charge in [0.1, 0.15) is 11.4 Å². The van der Waals surface area contributed by atoms with E-state index in [-0.39, 0.29) is 17.9 Å². The monoisotopic (exact) mass is 340 g/mol. The number of hydrogen-bond acceptors (Lipinski definition) is 5. The van der Waals surface area contributed by atoms with E-state index >= 15 is 0 Å². The number of anilines is 1. The van der Waals surface area contributed by atoms with Crippen LogP contribution < -0.4 is 15.2 Å². The molecule has 0 saturated carbocycles. The van der Waals surface area contributed by atoms with Gasteiger partial charge in [0.15, 0.2) is 0 Å². The molecule has 2 atom stereocenters. The summed E-state index contributed by atoms with van der Waals surface area (Å²) in [5, 5.41) is 0. The maximum atomic E-state index is 12.5. The Hall–Kier alpha value is -1.31. The molecule has 0 spiro atoms. The zero-order valence-corrected chi connectivity index (χ0v) is 14.4. The summed E-state index contributed by atoms with van der Waals surface area (Å²) in [5.41, 5.74) is 6.80. The lowest BCUT2D eigenvalue weighted by Gasteiger charge is -2.38. The number of benzene rings is 1. The Balaban J connectivity index is 1.82. The molecule has 0 amide bonds. The summed E-state index contributed by atoms with van der Waals surface area (Å²) >= 11 is 0. The Morgan fingerprint density at radius 1 is 1.39 bits per heavy atom. The van der Waals surface area contributed by atoms with Gasteiger partial charge in [-0.3, -0.25) is 0 Å². The third-order valence-electron chi connectivity index (χ3n) is 4.24. The molecule has 2 aliphatic heterocycles. The van der Waals surface area contributed by atoms with Gasteiger partial charge in [-0.2, -0.15) is 0 Å². The van der Waals surface area contributed by atoms with Gasteiger partial charge in [-0.25, -0.2) is 13.1 Å². The Kier molecular flexibility index (Phi) is 4.29. The highest BCUT2D eigenvalue weighted by molar-refractivity contribution is 7.89. The van der Waals surface area contributed by atoms with Crippen LogP contribution in [0.3, 0.4) is 0 Å². The second-order valence-corrected chi connectivity index (χ2v) is 8.75. The fourth-order valence-electron chi connectivity index (χ4n) is 3.26. The van der Waals surface area contributed by atoms with Gasteiger partial charge in [0.05, 0.1) is 17.9 Å². The van der Waals surface area contributed by atoms with E-state index < -0.39 is 15.6 Å². The molecule has 2 aliphatic rings. The molecule has 0 radical (unpaired) electrons. The standard InChI is InChI=1S/C16H24N2O4S/c1-16(2)9-14(13-8-11(17)5-6-15(13)22-16)18-23(19,20)10-12-4-3-7-21-12/h5-6,8,12,14,18H,3-4,7,9-10,17H2,1-2H3. The van der Waals surface area contributed by atoms with Crippen LogP contribution in [0.15, 0.2) is 18.2 Å². The van der Waals surface area contributed by atoms with Gasteiger partial charge in [0.2, 0.25) is 10.0 Å². The van der Waals surface area contributed by atoms with Crippen LogP contribution in [0.1, 0.15) is 44.7 Å². The summed E-state index contributed by atoms with van der Waals surface area (Å²) < 4.78 is 39.2. The zero-order valence-electron chi connectivity index (χ0n) is 13.5. The molecule has 2 heterocycles. The summed E-state index contributed by atoms with van der Waals surface area (Å²) in [6.45, 7) is 4.55. The summed E-state index contributed by atoms with van der Waals surface area (Å²) in [6.07, 6.45) is 2.06. The highest BCUT2D eigenvalue weighted by Gasteiger charge is 2.36. The van der Waals surface area contributed by atoms with Crippen LogP contribution in [0.25, 0.3) is 0 Å². The lowest BCUT2D eigenvalue weighted by atomic mass is 9.90. The van der Waals surface area contributed by atoms with E-state index in [0.29, 0.717) is 24.5 Å². The molecule has 23 heavy (non-hydrogen) atoms. The van der Waals surface area contributed by atoms with E-state index in [4.69, 9.17) is 15.2 Å². The molecule has 3 rings (SSSR count). The third-order valence-corrected chi connectivity index (χ3v) is 5.70. The topological polar surface area (TPSA) is 90.7 Å². The largest absolute Gasteiger partial charge is 0.487 e. The molecule has 6 nitrogen and oxygen atoms in total. The molecule has 1 fully saturated rings. The van der Waals surface area contributed by atoms with Crippen molar-refractivity contribution in [3.8, 4) is 5.75 Å². The lowest BCUT2D eigenvalue weighted by Crippen LogP contribution is -2.42. The van der Waals surface area contributed by atoms with Crippen molar-refractivity contribution < 1.29 is 17.9 Å². The normalized spacial score (nSPS) is 26.5. The van der Waals surface area contributed by atoms with Crippen molar-refractivity contribution in [1.82, 2.24) is 4.72 Å². The molecular weight excluding hydrogens is 316 g/mol. The molecule has 3 N–H and O–H groups in total. The first-order valence-electron chi connectivity index (χ1n) is 7.94. The van der Waals surface area contributed by atoms with Gasteiger partial charge in [-0.1, -0.05) is 0 Å². The minimum atomic E-state index is -3.44. The molecule has 0 bridgehead atoms. The summed E-state index contributed by atoms with van der Waals surface area (Å²) in [7, 11) is -3.44. The van der Waals surface area contributed by atoms with Crippen molar-refractivity contribution in [3.63, 3.8) is 0 Å². The molecule has 7 heteroatoms. The van der Waals surface area contributed by atoms with Gasteiger partial charge in [-0.05, 0) is 44.9 Å². The molecule has 1 saturated heterocycles. The average Bonchev–Trinajstić information content (AvgIpc) is 2.90.